The summed E-state index contributed by atoms with van der Waals surface area (Å²) < 4.78 is 24.1. The van der Waals surface area contributed by atoms with Crippen molar-refractivity contribution in [3.63, 3.8) is 0 Å². The number of carbonyl (C=O) groups excluding carboxylic acids is 4. The molecule has 3 N–H and O–H groups in total. The maximum absolute atomic E-state index is 13.7. The summed E-state index contributed by atoms with van der Waals surface area (Å²) in [5.74, 6) is -2.08. The molecule has 1 fully saturated rings. The Kier molecular flexibility index (Phi) is 7.11. The number of anilines is 1. The van der Waals surface area contributed by atoms with Gasteiger partial charge in [-0.2, -0.15) is 0 Å². The molecule has 0 unspecified atom stereocenters. The minimum Gasteiger partial charge on any atom is -0.493 e. The molecule has 166 valence electrons. The van der Waals surface area contributed by atoms with Gasteiger partial charge in [-0.05, 0) is 47.7 Å². The molecule has 0 aromatic heterocycles. The number of para-hydroxylation sites is 1. The van der Waals surface area contributed by atoms with E-state index < -0.39 is 35.3 Å². The molecule has 0 spiro atoms. The van der Waals surface area contributed by atoms with Crippen molar-refractivity contribution in [3.05, 3.63) is 58.8 Å². The summed E-state index contributed by atoms with van der Waals surface area (Å²) in [5, 5.41) is 1.71. The zero-order valence-corrected chi connectivity index (χ0v) is 17.6. The van der Waals surface area contributed by atoms with Gasteiger partial charge in [-0.25, -0.2) is 4.39 Å². The molecule has 11 heteroatoms. The minimum atomic E-state index is -0.712. The second kappa shape index (κ2) is 9.96. The van der Waals surface area contributed by atoms with Crippen LogP contribution in [0.4, 0.5) is 14.9 Å². The number of methoxy groups -OCH3 is 1. The van der Waals surface area contributed by atoms with Gasteiger partial charge >= 0.3 is 0 Å². The van der Waals surface area contributed by atoms with Crippen molar-refractivity contribution in [2.24, 2.45) is 5.73 Å². The molecule has 0 radical (unpaired) electrons. The number of ether oxygens (including phenoxy) is 2. The summed E-state index contributed by atoms with van der Waals surface area (Å²) in [5.41, 5.74) is 5.53. The van der Waals surface area contributed by atoms with Gasteiger partial charge in [0.05, 0.1) is 17.7 Å². The van der Waals surface area contributed by atoms with Crippen LogP contribution in [0.3, 0.4) is 0 Å². The third-order valence-corrected chi connectivity index (χ3v) is 5.09. The van der Waals surface area contributed by atoms with Crippen LogP contribution in [0.15, 0.2) is 47.4 Å². The molecular weight excluding hydrogens is 441 g/mol. The van der Waals surface area contributed by atoms with Crippen molar-refractivity contribution in [1.82, 2.24) is 4.90 Å². The largest absolute Gasteiger partial charge is 0.493 e. The van der Waals surface area contributed by atoms with Gasteiger partial charge in [0.15, 0.2) is 18.1 Å². The lowest BCUT2D eigenvalue weighted by atomic mass is 10.2. The average molecular weight is 459 g/mol. The van der Waals surface area contributed by atoms with E-state index in [-0.39, 0.29) is 22.9 Å². The minimum absolute atomic E-state index is 0.0502. The Morgan fingerprint density at radius 2 is 1.94 bits per heavy atom. The first kappa shape index (κ1) is 22.8. The number of thioether (sulfide) groups is 1. The van der Waals surface area contributed by atoms with Crippen LogP contribution in [-0.2, 0) is 14.4 Å². The number of primary amides is 1. The van der Waals surface area contributed by atoms with Crippen LogP contribution >= 0.6 is 11.8 Å². The van der Waals surface area contributed by atoms with E-state index in [1.54, 1.807) is 18.2 Å². The number of imide groups is 1. The van der Waals surface area contributed by atoms with E-state index in [9.17, 15) is 23.6 Å². The van der Waals surface area contributed by atoms with E-state index in [0.717, 1.165) is 4.90 Å². The van der Waals surface area contributed by atoms with Crippen LogP contribution in [0.1, 0.15) is 5.56 Å². The summed E-state index contributed by atoms with van der Waals surface area (Å²) in [6, 6.07) is 10.2. The lowest BCUT2D eigenvalue weighted by Crippen LogP contribution is -2.36. The Morgan fingerprint density at radius 1 is 1.19 bits per heavy atom. The number of nitrogens with one attached hydrogen (secondary N) is 1. The number of nitrogens with two attached hydrogens (primary N) is 1. The molecule has 1 aliphatic heterocycles. The summed E-state index contributed by atoms with van der Waals surface area (Å²) in [6.45, 7) is -0.886. The van der Waals surface area contributed by atoms with E-state index in [1.807, 2.05) is 0 Å². The van der Waals surface area contributed by atoms with Crippen molar-refractivity contribution in [2.75, 3.05) is 25.6 Å². The summed E-state index contributed by atoms with van der Waals surface area (Å²) in [6.07, 6.45) is 1.46. The molecule has 32 heavy (non-hydrogen) atoms. The maximum Gasteiger partial charge on any atom is 0.294 e. The summed E-state index contributed by atoms with van der Waals surface area (Å²) >= 11 is 0.671. The molecule has 2 aromatic carbocycles. The lowest BCUT2D eigenvalue weighted by Gasteiger charge is -2.12. The quantitative estimate of drug-likeness (QED) is 0.580. The Morgan fingerprint density at radius 3 is 2.62 bits per heavy atom. The molecule has 1 aliphatic rings. The third kappa shape index (κ3) is 5.43. The number of hydrogen-bond acceptors (Lipinski definition) is 7. The van der Waals surface area contributed by atoms with Crippen molar-refractivity contribution >= 4 is 46.5 Å². The highest BCUT2D eigenvalue weighted by Crippen LogP contribution is 2.34. The first-order valence-corrected chi connectivity index (χ1v) is 9.99. The smallest absolute Gasteiger partial charge is 0.294 e. The van der Waals surface area contributed by atoms with Gasteiger partial charge in [0.25, 0.3) is 17.1 Å². The van der Waals surface area contributed by atoms with Crippen molar-refractivity contribution in [3.8, 4) is 11.5 Å². The average Bonchev–Trinajstić information content (AvgIpc) is 3.01. The number of rotatable bonds is 8. The van der Waals surface area contributed by atoms with Crippen molar-refractivity contribution in [1.29, 1.82) is 0 Å². The predicted octanol–water partition coefficient (Wildman–Crippen LogP) is 2.37. The van der Waals surface area contributed by atoms with Gasteiger partial charge in [-0.3, -0.25) is 24.1 Å². The molecule has 4 amide bonds. The molecule has 0 saturated carbocycles. The molecule has 1 saturated heterocycles. The molecule has 2 aromatic rings. The highest BCUT2D eigenvalue weighted by Gasteiger charge is 2.36. The first-order chi connectivity index (χ1) is 15.3. The number of halogens is 1. The molecule has 0 bridgehead atoms. The lowest BCUT2D eigenvalue weighted by molar-refractivity contribution is -0.127. The third-order valence-electron chi connectivity index (χ3n) is 4.18. The monoisotopic (exact) mass is 459 g/mol. The Labute approximate surface area is 186 Å². The Bertz CT molecular complexity index is 1120. The van der Waals surface area contributed by atoms with Crippen LogP contribution in [0.25, 0.3) is 6.08 Å². The molecule has 9 nitrogen and oxygen atoms in total. The first-order valence-electron chi connectivity index (χ1n) is 9.17. The van der Waals surface area contributed by atoms with Crippen LogP contribution in [-0.4, -0.2) is 48.1 Å². The van der Waals surface area contributed by atoms with Gasteiger partial charge in [0.1, 0.15) is 12.4 Å². The highest BCUT2D eigenvalue weighted by molar-refractivity contribution is 8.18. The summed E-state index contributed by atoms with van der Waals surface area (Å²) in [4.78, 5) is 48.8. The molecular formula is C21H18FN3O6S. The second-order valence-electron chi connectivity index (χ2n) is 6.46. The summed E-state index contributed by atoms with van der Waals surface area (Å²) in [7, 11) is 1.40. The van der Waals surface area contributed by atoms with Gasteiger partial charge in [-0.15, -0.1) is 0 Å². The van der Waals surface area contributed by atoms with Crippen LogP contribution in [0.2, 0.25) is 0 Å². The number of benzene rings is 2. The number of hydrogen-bond donors (Lipinski definition) is 2. The fourth-order valence-electron chi connectivity index (χ4n) is 2.73. The fourth-order valence-corrected chi connectivity index (χ4v) is 3.56. The van der Waals surface area contributed by atoms with Crippen molar-refractivity contribution < 1.29 is 33.0 Å². The van der Waals surface area contributed by atoms with E-state index in [2.05, 4.69) is 5.32 Å². The molecule has 1 heterocycles. The zero-order chi connectivity index (χ0) is 23.3. The standard InChI is InChI=1S/C21H18FN3O6S/c1-30-16-8-12(6-7-15(16)31-11-18(23)26)9-17-20(28)25(21(29)32-17)10-19(27)24-14-5-3-2-4-13(14)22/h2-9H,10-11H2,1H3,(H2,23,26)(H,24,27)/b17-9+. The molecule has 0 aliphatic carbocycles. The number of nitrogens with zero attached hydrogens (tertiary/aromatic N) is 1. The van der Waals surface area contributed by atoms with E-state index in [1.165, 1.54) is 37.5 Å². The maximum atomic E-state index is 13.7. The molecule has 0 atom stereocenters. The zero-order valence-electron chi connectivity index (χ0n) is 16.8. The van der Waals surface area contributed by atoms with Crippen LogP contribution < -0.4 is 20.5 Å². The highest BCUT2D eigenvalue weighted by atomic mass is 32.2. The normalized spacial score (nSPS) is 14.6. The Balaban J connectivity index is 1.71. The van der Waals surface area contributed by atoms with Gasteiger partial charge in [0.2, 0.25) is 5.91 Å². The number of carbonyl (C=O) groups is 4. The number of amides is 4. The van der Waals surface area contributed by atoms with E-state index >= 15 is 0 Å². The van der Waals surface area contributed by atoms with Gasteiger partial charge in [-0.1, -0.05) is 18.2 Å². The fraction of sp³-hybridized carbons (Fsp3) is 0.143. The van der Waals surface area contributed by atoms with Crippen LogP contribution in [0, 0.1) is 5.82 Å². The van der Waals surface area contributed by atoms with Crippen molar-refractivity contribution in [2.45, 2.75) is 0 Å². The van der Waals surface area contributed by atoms with E-state index in [0.29, 0.717) is 23.1 Å². The second-order valence-corrected chi connectivity index (χ2v) is 7.45. The molecule has 3 rings (SSSR count). The Hall–Kier alpha value is -3.86. The van der Waals surface area contributed by atoms with Crippen LogP contribution in [0.5, 0.6) is 11.5 Å². The predicted molar refractivity (Wildman–Crippen MR) is 115 cm³/mol. The van der Waals surface area contributed by atoms with Gasteiger partial charge in [0, 0.05) is 0 Å². The van der Waals surface area contributed by atoms with E-state index in [4.69, 9.17) is 15.2 Å². The van der Waals surface area contributed by atoms with Gasteiger partial charge < -0.3 is 20.5 Å². The topological polar surface area (TPSA) is 128 Å². The SMILES string of the molecule is COc1cc(/C=C2/SC(=O)N(CC(=O)Nc3ccccc3F)C2=O)ccc1OCC(N)=O.